The maximum absolute atomic E-state index is 5.24. The van der Waals surface area contributed by atoms with Gasteiger partial charge in [-0.1, -0.05) is 48.5 Å². The zero-order chi connectivity index (χ0) is 16.2. The van der Waals surface area contributed by atoms with Crippen LogP contribution < -0.4 is 0 Å². The summed E-state index contributed by atoms with van der Waals surface area (Å²) in [7, 11) is 0. The summed E-state index contributed by atoms with van der Waals surface area (Å²) in [5, 5.41) is 16.6. The van der Waals surface area contributed by atoms with Crippen LogP contribution in [0.25, 0.3) is 5.69 Å². The Morgan fingerprint density at radius 1 is 1.22 bits per heavy atom. The fraction of sp³-hybridized carbons (Fsp3) is 0.400. The molecule has 0 spiro atoms. The molecule has 0 fully saturated rings. The number of hydrogen-bond donors (Lipinski definition) is 0. The number of benzene rings is 1. The van der Waals surface area contributed by atoms with E-state index in [9.17, 15) is 0 Å². The van der Waals surface area contributed by atoms with Gasteiger partial charge in [0.1, 0.15) is 0 Å². The minimum Gasteiger partial charge on any atom is -0.339 e. The summed E-state index contributed by atoms with van der Waals surface area (Å²) in [6.45, 7) is 6.28. The predicted molar refractivity (Wildman–Crippen MR) is 86.3 cm³/mol. The van der Waals surface area contributed by atoms with Gasteiger partial charge in [0.05, 0.1) is 11.4 Å². The van der Waals surface area contributed by atoms with Crippen LogP contribution in [0.4, 0.5) is 0 Å². The van der Waals surface area contributed by atoms with Gasteiger partial charge >= 0.3 is 0 Å². The van der Waals surface area contributed by atoms with E-state index in [1.165, 1.54) is 17.3 Å². The third-order valence-corrected chi connectivity index (χ3v) is 4.06. The summed E-state index contributed by atoms with van der Waals surface area (Å²) in [5.74, 6) is 2.39. The highest BCUT2D eigenvalue weighted by atomic mass is 32.2. The fourth-order valence-electron chi connectivity index (χ4n) is 2.03. The van der Waals surface area contributed by atoms with Crippen molar-refractivity contribution in [3.05, 3.63) is 41.5 Å². The summed E-state index contributed by atoms with van der Waals surface area (Å²) < 4.78 is 6.95. The van der Waals surface area contributed by atoms with Crippen molar-refractivity contribution in [3.63, 3.8) is 0 Å². The van der Waals surface area contributed by atoms with E-state index in [1.54, 1.807) is 4.68 Å². The minimum atomic E-state index is 0.491. The van der Waals surface area contributed by atoms with Crippen molar-refractivity contribution < 1.29 is 4.52 Å². The lowest BCUT2D eigenvalue weighted by Gasteiger charge is -2.03. The molecule has 0 atom stereocenters. The second-order valence-electron chi connectivity index (χ2n) is 5.70. The van der Waals surface area contributed by atoms with Gasteiger partial charge in [-0.2, -0.15) is 9.67 Å². The first-order chi connectivity index (χ1) is 11.1. The van der Waals surface area contributed by atoms with Gasteiger partial charge in [-0.25, -0.2) is 0 Å². The molecule has 0 N–H and O–H groups in total. The van der Waals surface area contributed by atoms with Crippen molar-refractivity contribution in [1.29, 1.82) is 0 Å². The van der Waals surface area contributed by atoms with Gasteiger partial charge in [0.2, 0.25) is 11.0 Å². The SMILES string of the molecule is Cc1ccc(-n2nnnc2SCc2noc(CC(C)C)n2)cc1. The van der Waals surface area contributed by atoms with Gasteiger partial charge < -0.3 is 4.52 Å². The molecule has 3 rings (SSSR count). The topological polar surface area (TPSA) is 82.5 Å². The van der Waals surface area contributed by atoms with E-state index in [2.05, 4.69) is 39.5 Å². The summed E-state index contributed by atoms with van der Waals surface area (Å²) in [6, 6.07) is 8.04. The number of tetrazole rings is 1. The second kappa shape index (κ2) is 6.91. The number of thioether (sulfide) groups is 1. The molecular formula is C15H18N6OS. The maximum atomic E-state index is 5.24. The molecule has 0 aliphatic rings. The van der Waals surface area contributed by atoms with Crippen molar-refractivity contribution in [1.82, 2.24) is 30.3 Å². The van der Waals surface area contributed by atoms with E-state index in [0.29, 0.717) is 28.5 Å². The van der Waals surface area contributed by atoms with Crippen LogP contribution in [0, 0.1) is 12.8 Å². The monoisotopic (exact) mass is 330 g/mol. The quantitative estimate of drug-likeness (QED) is 0.643. The van der Waals surface area contributed by atoms with Crippen LogP contribution in [0.3, 0.4) is 0 Å². The standard InChI is InChI=1S/C15H18N6OS/c1-10(2)8-14-16-13(18-22-14)9-23-15-17-19-20-21(15)12-6-4-11(3)5-7-12/h4-7,10H,8-9H2,1-3H3. The third-order valence-electron chi connectivity index (χ3n) is 3.14. The highest BCUT2D eigenvalue weighted by Gasteiger charge is 2.12. The molecule has 2 heterocycles. The number of hydrogen-bond acceptors (Lipinski definition) is 7. The van der Waals surface area contributed by atoms with Gasteiger partial charge in [-0.05, 0) is 35.4 Å². The largest absolute Gasteiger partial charge is 0.339 e. The van der Waals surface area contributed by atoms with Crippen LogP contribution >= 0.6 is 11.8 Å². The zero-order valence-electron chi connectivity index (χ0n) is 13.3. The first-order valence-corrected chi connectivity index (χ1v) is 8.40. The Morgan fingerprint density at radius 2 is 2.00 bits per heavy atom. The van der Waals surface area contributed by atoms with Gasteiger partial charge in [-0.3, -0.25) is 0 Å². The lowest BCUT2D eigenvalue weighted by molar-refractivity contribution is 0.360. The van der Waals surface area contributed by atoms with Crippen LogP contribution in [-0.2, 0) is 12.2 Å². The Kier molecular flexibility index (Phi) is 4.71. The molecule has 3 aromatic rings. The Labute approximate surface area is 138 Å². The number of nitrogens with zero attached hydrogens (tertiary/aromatic N) is 6. The summed E-state index contributed by atoms with van der Waals surface area (Å²) >= 11 is 1.48. The van der Waals surface area contributed by atoms with Crippen molar-refractivity contribution >= 4 is 11.8 Å². The first kappa shape index (κ1) is 15.7. The molecule has 0 saturated carbocycles. The lowest BCUT2D eigenvalue weighted by atomic mass is 10.1. The minimum absolute atomic E-state index is 0.491. The summed E-state index contributed by atoms with van der Waals surface area (Å²) in [6.07, 6.45) is 0.790. The van der Waals surface area contributed by atoms with E-state index in [0.717, 1.165) is 12.1 Å². The maximum Gasteiger partial charge on any atom is 0.226 e. The van der Waals surface area contributed by atoms with Crippen molar-refractivity contribution in [3.8, 4) is 5.69 Å². The number of aryl methyl sites for hydroxylation is 1. The molecule has 0 bridgehead atoms. The van der Waals surface area contributed by atoms with Gasteiger partial charge in [0, 0.05) is 6.42 Å². The van der Waals surface area contributed by atoms with Crippen molar-refractivity contribution in [2.45, 2.75) is 38.1 Å². The number of aromatic nitrogens is 6. The van der Waals surface area contributed by atoms with Crippen LogP contribution in [0.5, 0.6) is 0 Å². The Hall–Kier alpha value is -2.22. The summed E-state index contributed by atoms with van der Waals surface area (Å²) in [4.78, 5) is 4.39. The predicted octanol–water partition coefficient (Wildman–Crippen LogP) is 2.84. The third kappa shape index (κ3) is 3.95. The molecule has 0 amide bonds. The molecule has 0 radical (unpaired) electrons. The Morgan fingerprint density at radius 3 is 2.74 bits per heavy atom. The molecule has 0 aliphatic heterocycles. The highest BCUT2D eigenvalue weighted by molar-refractivity contribution is 7.98. The van der Waals surface area contributed by atoms with Crippen molar-refractivity contribution in [2.24, 2.45) is 5.92 Å². The fourth-order valence-corrected chi connectivity index (χ4v) is 2.76. The molecular weight excluding hydrogens is 312 g/mol. The Balaban J connectivity index is 1.68. The average molecular weight is 330 g/mol. The molecule has 120 valence electrons. The van der Waals surface area contributed by atoms with Gasteiger partial charge in [-0.15, -0.1) is 5.10 Å². The Bertz CT molecular complexity index is 764. The average Bonchev–Trinajstić information content (AvgIpc) is 3.14. The van der Waals surface area contributed by atoms with Gasteiger partial charge in [0.25, 0.3) is 0 Å². The molecule has 1 aromatic carbocycles. The van der Waals surface area contributed by atoms with Gasteiger partial charge in [0.15, 0.2) is 5.82 Å². The highest BCUT2D eigenvalue weighted by Crippen LogP contribution is 2.21. The van der Waals surface area contributed by atoms with Crippen LogP contribution in [0.2, 0.25) is 0 Å². The number of rotatable bonds is 6. The molecule has 2 aromatic heterocycles. The smallest absolute Gasteiger partial charge is 0.226 e. The molecule has 0 aliphatic carbocycles. The van der Waals surface area contributed by atoms with E-state index < -0.39 is 0 Å². The van der Waals surface area contributed by atoms with E-state index in [4.69, 9.17) is 4.52 Å². The van der Waals surface area contributed by atoms with Crippen LogP contribution in [0.15, 0.2) is 33.9 Å². The molecule has 23 heavy (non-hydrogen) atoms. The first-order valence-electron chi connectivity index (χ1n) is 7.41. The zero-order valence-corrected chi connectivity index (χ0v) is 14.1. The second-order valence-corrected chi connectivity index (χ2v) is 6.64. The van der Waals surface area contributed by atoms with E-state index in [-0.39, 0.29) is 0 Å². The van der Waals surface area contributed by atoms with Crippen LogP contribution in [-0.4, -0.2) is 30.3 Å². The summed E-state index contributed by atoms with van der Waals surface area (Å²) in [5.41, 5.74) is 2.12. The van der Waals surface area contributed by atoms with E-state index >= 15 is 0 Å². The lowest BCUT2D eigenvalue weighted by Crippen LogP contribution is -1.99. The van der Waals surface area contributed by atoms with Crippen molar-refractivity contribution in [2.75, 3.05) is 0 Å². The van der Waals surface area contributed by atoms with E-state index in [1.807, 2.05) is 31.2 Å². The molecule has 0 saturated heterocycles. The molecule has 0 unspecified atom stereocenters. The molecule has 8 heteroatoms. The molecule has 7 nitrogen and oxygen atoms in total. The van der Waals surface area contributed by atoms with Crippen LogP contribution in [0.1, 0.15) is 31.1 Å². The normalized spacial score (nSPS) is 11.3.